The maximum atomic E-state index is 12.2. The fourth-order valence-electron chi connectivity index (χ4n) is 3.19. The van der Waals surface area contributed by atoms with Gasteiger partial charge in [-0.05, 0) is 46.5 Å². The van der Waals surface area contributed by atoms with Crippen LogP contribution in [0.2, 0.25) is 0 Å². The normalized spacial score (nSPS) is 19.9. The highest BCUT2D eigenvalue weighted by Crippen LogP contribution is 2.37. The molecule has 23 heavy (non-hydrogen) atoms. The van der Waals surface area contributed by atoms with E-state index in [0.29, 0.717) is 19.1 Å². The Morgan fingerprint density at radius 1 is 1.17 bits per heavy atom. The van der Waals surface area contributed by atoms with Crippen molar-refractivity contribution in [3.05, 3.63) is 16.3 Å². The number of urea groups is 1. The van der Waals surface area contributed by atoms with Crippen molar-refractivity contribution >= 4 is 6.03 Å². The number of likely N-dealkylation sites (tertiary alicyclic amines) is 1. The maximum absolute atomic E-state index is 12.2. The zero-order valence-electron chi connectivity index (χ0n) is 14.5. The molecule has 7 heteroatoms. The summed E-state index contributed by atoms with van der Waals surface area (Å²) >= 11 is 0. The first-order valence-electron chi connectivity index (χ1n) is 8.49. The third-order valence-electron chi connectivity index (χ3n) is 4.52. The first-order valence-corrected chi connectivity index (χ1v) is 8.49. The second-order valence-corrected chi connectivity index (χ2v) is 7.81. The average Bonchev–Trinajstić information content (AvgIpc) is 3.25. The molecule has 1 N–H and O–H groups in total. The van der Waals surface area contributed by atoms with Gasteiger partial charge in [0.15, 0.2) is 0 Å². The quantitative estimate of drug-likeness (QED) is 0.899. The van der Waals surface area contributed by atoms with Gasteiger partial charge in [-0.3, -0.25) is 4.57 Å². The fraction of sp³-hybridized carbons (Fsp3) is 0.812. The van der Waals surface area contributed by atoms with E-state index >= 15 is 0 Å². The number of rotatable bonds is 2. The molecule has 2 amide bonds. The predicted octanol–water partition coefficient (Wildman–Crippen LogP) is 1.60. The van der Waals surface area contributed by atoms with Crippen LogP contribution in [0.4, 0.5) is 4.79 Å². The highest BCUT2D eigenvalue weighted by Gasteiger charge is 2.34. The van der Waals surface area contributed by atoms with E-state index in [4.69, 9.17) is 0 Å². The Hall–Kier alpha value is -1.79. The minimum absolute atomic E-state index is 0.00319. The van der Waals surface area contributed by atoms with Crippen molar-refractivity contribution in [1.29, 1.82) is 0 Å². The van der Waals surface area contributed by atoms with Crippen LogP contribution in [-0.2, 0) is 7.05 Å². The molecular formula is C16H27N5O2. The molecule has 2 aliphatic rings. The van der Waals surface area contributed by atoms with Crippen molar-refractivity contribution < 1.29 is 4.79 Å². The number of hydrogen-bond acceptors (Lipinski definition) is 3. The number of carbonyl (C=O) groups is 1. The summed E-state index contributed by atoms with van der Waals surface area (Å²) in [5.74, 6) is 1.18. The smallest absolute Gasteiger partial charge is 0.333 e. The SMILES string of the molecule is Cn1nc(C2CCN(C(=O)NC(C)(C)C)CC2)n(C2CC2)c1=O. The third kappa shape index (κ3) is 3.43. The van der Waals surface area contributed by atoms with Crippen molar-refractivity contribution in [2.45, 2.75) is 64.0 Å². The van der Waals surface area contributed by atoms with Crippen molar-refractivity contribution in [3.63, 3.8) is 0 Å². The number of piperidine rings is 1. The van der Waals surface area contributed by atoms with E-state index in [2.05, 4.69) is 10.4 Å². The van der Waals surface area contributed by atoms with E-state index in [1.165, 1.54) is 4.68 Å². The van der Waals surface area contributed by atoms with Crippen LogP contribution in [-0.4, -0.2) is 43.9 Å². The van der Waals surface area contributed by atoms with Gasteiger partial charge in [-0.15, -0.1) is 0 Å². The molecule has 128 valence electrons. The molecule has 1 aliphatic carbocycles. The number of nitrogens with zero attached hydrogens (tertiary/aromatic N) is 4. The van der Waals surface area contributed by atoms with Gasteiger partial charge in [0.1, 0.15) is 5.82 Å². The van der Waals surface area contributed by atoms with Crippen molar-refractivity contribution in [2.24, 2.45) is 7.05 Å². The molecule has 1 saturated carbocycles. The third-order valence-corrected chi connectivity index (χ3v) is 4.52. The molecule has 0 aromatic carbocycles. The molecule has 0 bridgehead atoms. The Bertz CT molecular complexity index is 642. The van der Waals surface area contributed by atoms with Crippen molar-refractivity contribution in [2.75, 3.05) is 13.1 Å². The molecule has 2 heterocycles. The Morgan fingerprint density at radius 2 is 1.78 bits per heavy atom. The predicted molar refractivity (Wildman–Crippen MR) is 87.6 cm³/mol. The summed E-state index contributed by atoms with van der Waals surface area (Å²) in [7, 11) is 1.72. The number of hydrogen-bond donors (Lipinski definition) is 1. The Labute approximate surface area is 136 Å². The molecule has 0 atom stereocenters. The summed E-state index contributed by atoms with van der Waals surface area (Å²) in [6.07, 6.45) is 3.87. The minimum atomic E-state index is -0.221. The van der Waals surface area contributed by atoms with Gasteiger partial charge in [-0.25, -0.2) is 14.3 Å². The molecule has 0 radical (unpaired) electrons. The lowest BCUT2D eigenvalue weighted by molar-refractivity contribution is 0.171. The van der Waals surface area contributed by atoms with Crippen LogP contribution < -0.4 is 11.0 Å². The highest BCUT2D eigenvalue weighted by atomic mass is 16.2. The van der Waals surface area contributed by atoms with Gasteiger partial charge in [0.05, 0.1) is 0 Å². The van der Waals surface area contributed by atoms with Crippen LogP contribution in [0.15, 0.2) is 4.79 Å². The van der Waals surface area contributed by atoms with E-state index in [1.54, 1.807) is 7.05 Å². The highest BCUT2D eigenvalue weighted by molar-refractivity contribution is 5.75. The monoisotopic (exact) mass is 321 g/mol. The molecule has 2 fully saturated rings. The number of carbonyl (C=O) groups excluding carboxylic acids is 1. The first-order chi connectivity index (χ1) is 10.8. The number of nitrogens with one attached hydrogen (secondary N) is 1. The summed E-state index contributed by atoms with van der Waals surface area (Å²) in [6.45, 7) is 7.38. The largest absolute Gasteiger partial charge is 0.345 e. The van der Waals surface area contributed by atoms with Crippen LogP contribution in [0.3, 0.4) is 0 Å². The summed E-state index contributed by atoms with van der Waals surface area (Å²) in [5, 5.41) is 7.48. The Balaban J connectivity index is 1.67. The molecule has 1 saturated heterocycles. The van der Waals surface area contributed by atoms with Crippen molar-refractivity contribution in [1.82, 2.24) is 24.6 Å². The van der Waals surface area contributed by atoms with Gasteiger partial charge >= 0.3 is 11.7 Å². The van der Waals surface area contributed by atoms with Crippen LogP contribution >= 0.6 is 0 Å². The van der Waals surface area contributed by atoms with Gasteiger partial charge in [0.2, 0.25) is 0 Å². The van der Waals surface area contributed by atoms with E-state index in [0.717, 1.165) is 31.5 Å². The van der Waals surface area contributed by atoms with Gasteiger partial charge < -0.3 is 10.2 Å². The zero-order valence-corrected chi connectivity index (χ0v) is 14.5. The van der Waals surface area contributed by atoms with Gasteiger partial charge in [-0.2, -0.15) is 5.10 Å². The van der Waals surface area contributed by atoms with Gasteiger partial charge in [-0.1, -0.05) is 0 Å². The van der Waals surface area contributed by atoms with Gasteiger partial charge in [0.25, 0.3) is 0 Å². The summed E-state index contributed by atoms with van der Waals surface area (Å²) in [5.41, 5.74) is -0.225. The first kappa shape index (κ1) is 16.1. The summed E-state index contributed by atoms with van der Waals surface area (Å²) in [6, 6.07) is 0.338. The topological polar surface area (TPSA) is 72.2 Å². The van der Waals surface area contributed by atoms with Crippen LogP contribution in [0, 0.1) is 0 Å². The zero-order chi connectivity index (χ0) is 16.8. The number of aryl methyl sites for hydroxylation is 1. The molecule has 1 aromatic rings. The second-order valence-electron chi connectivity index (χ2n) is 7.81. The Morgan fingerprint density at radius 3 is 2.30 bits per heavy atom. The fourth-order valence-corrected chi connectivity index (χ4v) is 3.19. The summed E-state index contributed by atoms with van der Waals surface area (Å²) in [4.78, 5) is 26.3. The molecule has 3 rings (SSSR count). The van der Waals surface area contributed by atoms with Crippen LogP contribution in [0.25, 0.3) is 0 Å². The summed E-state index contributed by atoms with van der Waals surface area (Å²) < 4.78 is 3.34. The lowest BCUT2D eigenvalue weighted by Gasteiger charge is -2.34. The van der Waals surface area contributed by atoms with E-state index in [9.17, 15) is 9.59 Å². The lowest BCUT2D eigenvalue weighted by Crippen LogP contribution is -2.50. The van der Waals surface area contributed by atoms with Crippen LogP contribution in [0.1, 0.15) is 64.2 Å². The molecule has 7 nitrogen and oxygen atoms in total. The molecular weight excluding hydrogens is 294 g/mol. The number of amides is 2. The average molecular weight is 321 g/mol. The second kappa shape index (κ2) is 5.69. The van der Waals surface area contributed by atoms with Crippen molar-refractivity contribution in [3.8, 4) is 0 Å². The van der Waals surface area contributed by atoms with E-state index < -0.39 is 0 Å². The Kier molecular flexibility index (Phi) is 3.98. The van der Waals surface area contributed by atoms with Gasteiger partial charge in [0, 0.05) is 37.6 Å². The van der Waals surface area contributed by atoms with E-state index in [-0.39, 0.29) is 23.2 Å². The molecule has 0 spiro atoms. The maximum Gasteiger partial charge on any atom is 0.345 e. The standard InChI is InChI=1S/C16H27N5O2/c1-16(2,3)17-14(22)20-9-7-11(8-10-20)13-18-19(4)15(23)21(13)12-5-6-12/h11-12H,5-10H2,1-4H3,(H,17,22). The molecule has 0 unspecified atom stereocenters. The molecule has 1 aromatic heterocycles. The van der Waals surface area contributed by atoms with Crippen LogP contribution in [0.5, 0.6) is 0 Å². The van der Waals surface area contributed by atoms with E-state index in [1.807, 2.05) is 30.2 Å². The molecule has 1 aliphatic heterocycles. The minimum Gasteiger partial charge on any atom is -0.333 e. The lowest BCUT2D eigenvalue weighted by atomic mass is 9.96. The number of aromatic nitrogens is 3.